The third kappa shape index (κ3) is 3.85. The van der Waals surface area contributed by atoms with Crippen LogP contribution in [0.15, 0.2) is 60.7 Å². The van der Waals surface area contributed by atoms with Gasteiger partial charge in [0.1, 0.15) is 12.4 Å². The lowest BCUT2D eigenvalue weighted by Gasteiger charge is -2.08. The molecule has 0 unspecified atom stereocenters. The van der Waals surface area contributed by atoms with Crippen LogP contribution in [-0.2, 0) is 0 Å². The Labute approximate surface area is 118 Å². The average Bonchev–Trinajstić information content (AvgIpc) is 2.46. The van der Waals surface area contributed by atoms with Gasteiger partial charge in [0, 0.05) is 6.54 Å². The van der Waals surface area contributed by atoms with Crippen molar-refractivity contribution < 1.29 is 4.74 Å². The van der Waals surface area contributed by atoms with E-state index in [1.165, 1.54) is 0 Å². The van der Waals surface area contributed by atoms with Crippen molar-refractivity contribution in [3.05, 3.63) is 65.7 Å². The number of nitrogens with two attached hydrogens (primary N) is 1. The molecule has 2 N–H and O–H groups in total. The predicted octanol–water partition coefficient (Wildman–Crippen LogP) is 3.90. The summed E-state index contributed by atoms with van der Waals surface area (Å²) in [6, 6.07) is 15.9. The molecule has 0 bridgehead atoms. The molecule has 0 radical (unpaired) electrons. The van der Waals surface area contributed by atoms with Gasteiger partial charge in [-0.3, -0.25) is 0 Å². The van der Waals surface area contributed by atoms with Gasteiger partial charge < -0.3 is 10.5 Å². The highest BCUT2D eigenvalue weighted by Gasteiger charge is 2.03. The first-order valence-electron chi connectivity index (χ1n) is 6.14. The average molecular weight is 274 g/mol. The summed E-state index contributed by atoms with van der Waals surface area (Å²) in [6.45, 7) is 0.992. The second-order valence-electron chi connectivity index (χ2n) is 4.03. The molecule has 2 aromatic rings. The van der Waals surface area contributed by atoms with E-state index in [1.807, 2.05) is 48.6 Å². The van der Waals surface area contributed by atoms with Crippen LogP contribution >= 0.6 is 11.6 Å². The fourth-order valence-corrected chi connectivity index (χ4v) is 1.97. The Morgan fingerprint density at radius 3 is 2.47 bits per heavy atom. The van der Waals surface area contributed by atoms with Crippen molar-refractivity contribution in [2.75, 3.05) is 13.2 Å². The molecule has 0 spiro atoms. The molecule has 0 saturated carbocycles. The molecule has 2 nitrogen and oxygen atoms in total. The van der Waals surface area contributed by atoms with Crippen LogP contribution in [0.2, 0.25) is 5.02 Å². The Bertz CT molecular complexity index is 552. The molecule has 19 heavy (non-hydrogen) atoms. The van der Waals surface area contributed by atoms with Gasteiger partial charge in [0.2, 0.25) is 0 Å². The van der Waals surface area contributed by atoms with Gasteiger partial charge in [-0.2, -0.15) is 0 Å². The summed E-state index contributed by atoms with van der Waals surface area (Å²) in [7, 11) is 0. The predicted molar refractivity (Wildman–Crippen MR) is 80.6 cm³/mol. The molecule has 0 heterocycles. The van der Waals surface area contributed by atoms with Crippen molar-refractivity contribution >= 4 is 11.6 Å². The summed E-state index contributed by atoms with van der Waals surface area (Å²) in [5, 5.41) is 0.613. The van der Waals surface area contributed by atoms with E-state index in [2.05, 4.69) is 12.1 Å². The summed E-state index contributed by atoms with van der Waals surface area (Å²) in [5.74, 6) is 0.683. The van der Waals surface area contributed by atoms with E-state index in [9.17, 15) is 0 Å². The van der Waals surface area contributed by atoms with E-state index in [1.54, 1.807) is 0 Å². The van der Waals surface area contributed by atoms with Gasteiger partial charge >= 0.3 is 0 Å². The Morgan fingerprint density at radius 2 is 1.79 bits per heavy atom. The molecule has 0 saturated heterocycles. The Hall–Kier alpha value is -1.77. The lowest BCUT2D eigenvalue weighted by atomic mass is 10.1. The van der Waals surface area contributed by atoms with E-state index in [0.29, 0.717) is 23.9 Å². The van der Waals surface area contributed by atoms with Crippen molar-refractivity contribution in [3.63, 3.8) is 0 Å². The quantitative estimate of drug-likeness (QED) is 0.839. The van der Waals surface area contributed by atoms with Crippen molar-refractivity contribution in [1.29, 1.82) is 0 Å². The van der Waals surface area contributed by atoms with Gasteiger partial charge in [0.25, 0.3) is 0 Å². The normalized spacial score (nSPS) is 10.8. The molecule has 3 heteroatoms. The zero-order chi connectivity index (χ0) is 13.5. The Kier molecular flexibility index (Phi) is 5.01. The van der Waals surface area contributed by atoms with Crippen LogP contribution in [-0.4, -0.2) is 13.2 Å². The molecule has 0 atom stereocenters. The first kappa shape index (κ1) is 13.7. The van der Waals surface area contributed by atoms with E-state index in [4.69, 9.17) is 22.1 Å². The first-order valence-corrected chi connectivity index (χ1v) is 6.52. The third-order valence-corrected chi connectivity index (χ3v) is 2.97. The number of benzene rings is 2. The molecule has 0 amide bonds. The maximum absolute atomic E-state index is 6.22. The van der Waals surface area contributed by atoms with Gasteiger partial charge in [-0.25, -0.2) is 0 Å². The lowest BCUT2D eigenvalue weighted by Crippen LogP contribution is -1.97. The Balaban J connectivity index is 2.11. The Morgan fingerprint density at radius 1 is 1.00 bits per heavy atom. The fraction of sp³-hybridized carbons (Fsp3) is 0.125. The molecular weight excluding hydrogens is 258 g/mol. The van der Waals surface area contributed by atoms with Gasteiger partial charge in [0.15, 0.2) is 0 Å². The lowest BCUT2D eigenvalue weighted by molar-refractivity contribution is 0.363. The maximum atomic E-state index is 6.22. The van der Waals surface area contributed by atoms with Gasteiger partial charge in [-0.05, 0) is 23.3 Å². The van der Waals surface area contributed by atoms with Gasteiger partial charge in [-0.15, -0.1) is 0 Å². The van der Waals surface area contributed by atoms with Crippen molar-refractivity contribution in [1.82, 2.24) is 0 Å². The minimum absolute atomic E-state index is 0.474. The minimum atomic E-state index is 0.474. The zero-order valence-electron chi connectivity index (χ0n) is 10.6. The molecule has 0 aliphatic rings. The molecule has 2 aromatic carbocycles. The van der Waals surface area contributed by atoms with Gasteiger partial charge in [-0.1, -0.05) is 60.2 Å². The van der Waals surface area contributed by atoms with Crippen LogP contribution in [0.5, 0.6) is 5.75 Å². The highest BCUT2D eigenvalue weighted by atomic mass is 35.5. The van der Waals surface area contributed by atoms with Crippen LogP contribution in [0.1, 0.15) is 0 Å². The van der Waals surface area contributed by atoms with E-state index in [0.717, 1.165) is 11.1 Å². The molecule has 0 aliphatic carbocycles. The smallest absolute Gasteiger partial charge is 0.138 e. The largest absolute Gasteiger partial charge is 0.488 e. The van der Waals surface area contributed by atoms with Crippen molar-refractivity contribution in [2.24, 2.45) is 5.73 Å². The molecule has 0 fully saturated rings. The first-order chi connectivity index (χ1) is 9.31. The topological polar surface area (TPSA) is 35.2 Å². The van der Waals surface area contributed by atoms with Crippen molar-refractivity contribution in [2.45, 2.75) is 0 Å². The number of rotatable bonds is 5. The van der Waals surface area contributed by atoms with E-state index < -0.39 is 0 Å². The van der Waals surface area contributed by atoms with E-state index in [-0.39, 0.29) is 0 Å². The molecule has 0 aliphatic heterocycles. The SMILES string of the molecule is NCC=CCOc1ccc(-c2ccccc2)cc1Cl. The number of hydrogen-bond acceptors (Lipinski definition) is 2. The summed E-state index contributed by atoms with van der Waals surface area (Å²) >= 11 is 6.22. The third-order valence-electron chi connectivity index (χ3n) is 2.68. The highest BCUT2D eigenvalue weighted by Crippen LogP contribution is 2.30. The highest BCUT2D eigenvalue weighted by molar-refractivity contribution is 6.32. The van der Waals surface area contributed by atoms with Crippen LogP contribution in [0.25, 0.3) is 11.1 Å². The second kappa shape index (κ2) is 6.98. The van der Waals surface area contributed by atoms with E-state index >= 15 is 0 Å². The monoisotopic (exact) mass is 273 g/mol. The van der Waals surface area contributed by atoms with Crippen molar-refractivity contribution in [3.8, 4) is 16.9 Å². The van der Waals surface area contributed by atoms with Gasteiger partial charge in [0.05, 0.1) is 5.02 Å². The number of hydrogen-bond donors (Lipinski definition) is 1. The molecular formula is C16H16ClNO. The summed E-state index contributed by atoms with van der Waals surface area (Å²) in [4.78, 5) is 0. The van der Waals surface area contributed by atoms with Crippen LogP contribution < -0.4 is 10.5 Å². The van der Waals surface area contributed by atoms with Crippen LogP contribution in [0.4, 0.5) is 0 Å². The molecule has 98 valence electrons. The molecule has 0 aromatic heterocycles. The number of ether oxygens (including phenoxy) is 1. The fourth-order valence-electron chi connectivity index (χ4n) is 1.73. The minimum Gasteiger partial charge on any atom is -0.488 e. The van der Waals surface area contributed by atoms with Crippen LogP contribution in [0, 0.1) is 0 Å². The summed E-state index contributed by atoms with van der Waals surface area (Å²) in [5.41, 5.74) is 7.57. The standard InChI is InChI=1S/C16H16ClNO/c17-15-12-14(13-6-2-1-3-7-13)8-9-16(15)19-11-5-4-10-18/h1-9,12H,10-11,18H2. The number of halogens is 1. The summed E-state index contributed by atoms with van der Waals surface area (Å²) in [6.07, 6.45) is 3.73. The second-order valence-corrected chi connectivity index (χ2v) is 4.44. The summed E-state index contributed by atoms with van der Waals surface area (Å²) < 4.78 is 5.56. The van der Waals surface area contributed by atoms with Crippen LogP contribution in [0.3, 0.4) is 0 Å². The zero-order valence-corrected chi connectivity index (χ0v) is 11.3. The molecule has 2 rings (SSSR count). The maximum Gasteiger partial charge on any atom is 0.138 e.